The summed E-state index contributed by atoms with van der Waals surface area (Å²) in [6, 6.07) is 18.1. The Morgan fingerprint density at radius 3 is 2.52 bits per heavy atom. The highest BCUT2D eigenvalue weighted by molar-refractivity contribution is 7.15. The molecule has 2 aromatic heterocycles. The van der Waals surface area contributed by atoms with Crippen LogP contribution in [-0.2, 0) is 0 Å². The Bertz CT molecular complexity index is 909. The van der Waals surface area contributed by atoms with E-state index in [2.05, 4.69) is 28.1 Å². The van der Waals surface area contributed by atoms with Crippen LogP contribution in [0.3, 0.4) is 0 Å². The Balaban J connectivity index is 1.90. The highest BCUT2D eigenvalue weighted by Gasteiger charge is 2.12. The zero-order valence-corrected chi connectivity index (χ0v) is 12.6. The average molecular weight is 311 g/mol. The van der Waals surface area contributed by atoms with Crippen LogP contribution >= 0.6 is 22.9 Å². The van der Waals surface area contributed by atoms with Crippen molar-refractivity contribution >= 4 is 27.9 Å². The molecule has 0 aliphatic rings. The van der Waals surface area contributed by atoms with Gasteiger partial charge in [-0.15, -0.1) is 11.3 Å². The third-order valence-corrected chi connectivity index (χ3v) is 4.60. The van der Waals surface area contributed by atoms with Crippen molar-refractivity contribution < 1.29 is 0 Å². The van der Waals surface area contributed by atoms with Crippen molar-refractivity contribution in [2.45, 2.75) is 0 Å². The molecule has 0 bridgehead atoms. The minimum absolute atomic E-state index is 0.757. The van der Waals surface area contributed by atoms with Crippen molar-refractivity contribution in [3.8, 4) is 22.5 Å². The van der Waals surface area contributed by atoms with Gasteiger partial charge >= 0.3 is 0 Å². The summed E-state index contributed by atoms with van der Waals surface area (Å²) in [6.45, 7) is 0. The van der Waals surface area contributed by atoms with Gasteiger partial charge in [-0.25, -0.2) is 4.98 Å². The molecule has 0 fully saturated rings. The first-order valence-corrected chi connectivity index (χ1v) is 7.85. The molecule has 0 unspecified atom stereocenters. The van der Waals surface area contributed by atoms with Gasteiger partial charge in [0.05, 0.1) is 11.4 Å². The van der Waals surface area contributed by atoms with Crippen LogP contribution in [0.4, 0.5) is 0 Å². The number of imidazole rings is 1. The number of rotatable bonds is 2. The second kappa shape index (κ2) is 5.02. The fourth-order valence-electron chi connectivity index (χ4n) is 2.39. The van der Waals surface area contributed by atoms with Gasteiger partial charge < -0.3 is 0 Å². The molecule has 0 N–H and O–H groups in total. The first-order valence-electron chi connectivity index (χ1n) is 6.60. The predicted octanol–water partition coefficient (Wildman–Crippen LogP) is 5.38. The summed E-state index contributed by atoms with van der Waals surface area (Å²) in [5.74, 6) is 0. The zero-order chi connectivity index (χ0) is 14.2. The lowest BCUT2D eigenvalue weighted by atomic mass is 10.1. The Kier molecular flexibility index (Phi) is 3.02. The first-order chi connectivity index (χ1) is 10.3. The van der Waals surface area contributed by atoms with Gasteiger partial charge in [0, 0.05) is 27.7 Å². The molecule has 0 amide bonds. The van der Waals surface area contributed by atoms with Crippen LogP contribution in [0, 0.1) is 0 Å². The SMILES string of the molecule is Clc1ccccc1-c1csc2nc(-c3ccccc3)cn12. The van der Waals surface area contributed by atoms with Crippen LogP contribution < -0.4 is 0 Å². The maximum absolute atomic E-state index is 6.31. The molecule has 0 atom stereocenters. The number of benzene rings is 2. The second-order valence-corrected chi connectivity index (χ2v) is 5.99. The third kappa shape index (κ3) is 2.15. The van der Waals surface area contributed by atoms with E-state index in [0.29, 0.717) is 0 Å². The van der Waals surface area contributed by atoms with Crippen molar-refractivity contribution in [3.63, 3.8) is 0 Å². The van der Waals surface area contributed by atoms with Crippen molar-refractivity contribution in [2.24, 2.45) is 0 Å². The van der Waals surface area contributed by atoms with Crippen LogP contribution in [-0.4, -0.2) is 9.38 Å². The third-order valence-electron chi connectivity index (χ3n) is 3.43. The van der Waals surface area contributed by atoms with Gasteiger partial charge in [-0.1, -0.05) is 60.1 Å². The molecule has 0 saturated carbocycles. The van der Waals surface area contributed by atoms with Crippen LogP contribution in [0.2, 0.25) is 5.02 Å². The molecule has 2 aromatic carbocycles. The lowest BCUT2D eigenvalue weighted by Gasteiger charge is -2.02. The quantitative estimate of drug-likeness (QED) is 0.485. The number of hydrogen-bond acceptors (Lipinski definition) is 2. The molecule has 0 spiro atoms. The molecule has 21 heavy (non-hydrogen) atoms. The number of nitrogens with zero attached hydrogens (tertiary/aromatic N) is 2. The van der Waals surface area contributed by atoms with E-state index in [1.165, 1.54) is 0 Å². The van der Waals surface area contributed by atoms with Crippen LogP contribution in [0.15, 0.2) is 66.2 Å². The van der Waals surface area contributed by atoms with E-state index >= 15 is 0 Å². The van der Waals surface area contributed by atoms with Crippen LogP contribution in [0.25, 0.3) is 27.5 Å². The molecule has 102 valence electrons. The van der Waals surface area contributed by atoms with Gasteiger partial charge in [-0.05, 0) is 6.07 Å². The minimum Gasteiger partial charge on any atom is -0.290 e. The first kappa shape index (κ1) is 12.6. The molecule has 4 aromatic rings. The number of aromatic nitrogens is 2. The molecule has 4 rings (SSSR count). The summed E-state index contributed by atoms with van der Waals surface area (Å²) in [7, 11) is 0. The number of fused-ring (bicyclic) bond motifs is 1. The van der Waals surface area contributed by atoms with Gasteiger partial charge in [0.15, 0.2) is 4.96 Å². The number of halogens is 1. The van der Waals surface area contributed by atoms with E-state index in [0.717, 1.165) is 32.5 Å². The largest absolute Gasteiger partial charge is 0.290 e. The van der Waals surface area contributed by atoms with Crippen molar-refractivity contribution in [3.05, 3.63) is 71.2 Å². The fourth-order valence-corrected chi connectivity index (χ4v) is 3.50. The molecular weight excluding hydrogens is 300 g/mol. The summed E-state index contributed by atoms with van der Waals surface area (Å²) < 4.78 is 2.11. The summed E-state index contributed by atoms with van der Waals surface area (Å²) in [4.78, 5) is 5.67. The van der Waals surface area contributed by atoms with Crippen molar-refractivity contribution in [1.29, 1.82) is 0 Å². The topological polar surface area (TPSA) is 17.3 Å². The van der Waals surface area contributed by atoms with E-state index in [9.17, 15) is 0 Å². The lowest BCUT2D eigenvalue weighted by Crippen LogP contribution is -1.84. The zero-order valence-electron chi connectivity index (χ0n) is 11.0. The Morgan fingerprint density at radius 1 is 0.952 bits per heavy atom. The van der Waals surface area contributed by atoms with Gasteiger partial charge in [0.1, 0.15) is 0 Å². The van der Waals surface area contributed by atoms with E-state index < -0.39 is 0 Å². The predicted molar refractivity (Wildman–Crippen MR) is 89.0 cm³/mol. The van der Waals surface area contributed by atoms with Crippen LogP contribution in [0.1, 0.15) is 0 Å². The van der Waals surface area contributed by atoms with Crippen molar-refractivity contribution in [1.82, 2.24) is 9.38 Å². The Labute approximate surface area is 131 Å². The summed E-state index contributed by atoms with van der Waals surface area (Å²) in [5.41, 5.74) is 4.21. The number of hydrogen-bond donors (Lipinski definition) is 0. The molecule has 2 nitrogen and oxygen atoms in total. The normalized spacial score (nSPS) is 11.1. The van der Waals surface area contributed by atoms with Crippen molar-refractivity contribution in [2.75, 3.05) is 0 Å². The maximum atomic E-state index is 6.31. The molecular formula is C17H11ClN2S. The molecule has 0 saturated heterocycles. The van der Waals surface area contributed by atoms with Crippen LogP contribution in [0.5, 0.6) is 0 Å². The van der Waals surface area contributed by atoms with Gasteiger partial charge in [-0.3, -0.25) is 4.40 Å². The fraction of sp³-hybridized carbons (Fsp3) is 0. The van der Waals surface area contributed by atoms with Gasteiger partial charge in [-0.2, -0.15) is 0 Å². The standard InChI is InChI=1S/C17H11ClN2S/c18-14-9-5-4-8-13(14)16-11-21-17-19-15(10-20(16)17)12-6-2-1-3-7-12/h1-11H. The van der Waals surface area contributed by atoms with Gasteiger partial charge in [0.25, 0.3) is 0 Å². The summed E-state index contributed by atoms with van der Waals surface area (Å²) in [6.07, 6.45) is 2.07. The van der Waals surface area contributed by atoms with E-state index in [1.54, 1.807) is 11.3 Å². The van der Waals surface area contributed by atoms with Gasteiger partial charge in [0.2, 0.25) is 0 Å². The molecule has 0 aliphatic carbocycles. The number of thiazole rings is 1. The molecule has 0 radical (unpaired) electrons. The minimum atomic E-state index is 0.757. The maximum Gasteiger partial charge on any atom is 0.194 e. The molecule has 0 aliphatic heterocycles. The molecule has 2 heterocycles. The average Bonchev–Trinajstić information content (AvgIpc) is 3.09. The summed E-state index contributed by atoms with van der Waals surface area (Å²) in [5, 5.41) is 2.85. The van der Waals surface area contributed by atoms with E-state index in [-0.39, 0.29) is 0 Å². The second-order valence-electron chi connectivity index (χ2n) is 4.75. The Hall–Kier alpha value is -2.10. The highest BCUT2D eigenvalue weighted by atomic mass is 35.5. The smallest absolute Gasteiger partial charge is 0.194 e. The summed E-state index contributed by atoms with van der Waals surface area (Å²) >= 11 is 7.94. The molecule has 4 heteroatoms. The highest BCUT2D eigenvalue weighted by Crippen LogP contribution is 2.32. The monoisotopic (exact) mass is 310 g/mol. The van der Waals surface area contributed by atoms with E-state index in [1.807, 2.05) is 42.5 Å². The lowest BCUT2D eigenvalue weighted by molar-refractivity contribution is 1.24. The van der Waals surface area contributed by atoms with E-state index in [4.69, 9.17) is 16.6 Å². The Morgan fingerprint density at radius 2 is 1.71 bits per heavy atom.